The van der Waals surface area contributed by atoms with E-state index in [1.54, 1.807) is 4.90 Å². The van der Waals surface area contributed by atoms with E-state index >= 15 is 0 Å². The molecule has 1 aliphatic heterocycles. The quantitative estimate of drug-likeness (QED) is 0.812. The highest BCUT2D eigenvalue weighted by molar-refractivity contribution is 5.92. The van der Waals surface area contributed by atoms with E-state index < -0.39 is 29.6 Å². The van der Waals surface area contributed by atoms with Gasteiger partial charge in [0.15, 0.2) is 0 Å². The number of benzene rings is 1. The van der Waals surface area contributed by atoms with Crippen molar-refractivity contribution in [2.75, 3.05) is 25.0 Å². The minimum absolute atomic E-state index is 0.0266. The maximum Gasteiger partial charge on any atom is 0.470 e. The Morgan fingerprint density at radius 2 is 1.93 bits per heavy atom. The van der Waals surface area contributed by atoms with Crippen LogP contribution in [0.15, 0.2) is 22.6 Å². The highest BCUT2D eigenvalue weighted by Gasteiger charge is 2.39. The van der Waals surface area contributed by atoms with E-state index in [0.717, 1.165) is 12.1 Å². The molecule has 1 aliphatic rings. The molecule has 0 unspecified atom stereocenters. The molecule has 1 aromatic heterocycles. The molecule has 6 nitrogen and oxygen atoms in total. The van der Waals surface area contributed by atoms with Gasteiger partial charge in [-0.2, -0.15) is 13.2 Å². The molecule has 1 amide bonds. The first-order chi connectivity index (χ1) is 12.7. The number of halogens is 5. The fourth-order valence-electron chi connectivity index (χ4n) is 2.84. The molecule has 1 fully saturated rings. The van der Waals surface area contributed by atoms with Crippen molar-refractivity contribution in [1.82, 2.24) is 15.1 Å². The molecule has 11 heteroatoms. The summed E-state index contributed by atoms with van der Waals surface area (Å²) >= 11 is 0. The Morgan fingerprint density at radius 1 is 1.22 bits per heavy atom. The summed E-state index contributed by atoms with van der Waals surface area (Å²) in [5.41, 5.74) is -0.123. The number of amides is 1. The van der Waals surface area contributed by atoms with Crippen LogP contribution in [0.4, 0.5) is 27.6 Å². The summed E-state index contributed by atoms with van der Waals surface area (Å²) in [5, 5.41) is 8.83. The van der Waals surface area contributed by atoms with Gasteiger partial charge in [0.25, 0.3) is 0 Å². The van der Waals surface area contributed by atoms with Crippen molar-refractivity contribution in [2.45, 2.75) is 24.9 Å². The van der Waals surface area contributed by atoms with E-state index in [2.05, 4.69) is 19.9 Å². The largest absolute Gasteiger partial charge is 0.470 e. The molecular weight excluding hydrogens is 375 g/mol. The summed E-state index contributed by atoms with van der Waals surface area (Å²) in [6.07, 6.45) is -3.80. The summed E-state index contributed by atoms with van der Waals surface area (Å²) in [6, 6.07) is 2.83. The molecule has 2 aromatic rings. The maximum absolute atomic E-state index is 13.5. The second-order valence-electron chi connectivity index (χ2n) is 6.17. The topological polar surface area (TPSA) is 71.3 Å². The molecule has 0 bridgehead atoms. The molecule has 2 heterocycles. The predicted molar refractivity (Wildman–Crippen MR) is 82.7 cm³/mol. The Balaban J connectivity index is 1.50. The number of likely N-dealkylation sites (tertiary alicyclic amines) is 1. The van der Waals surface area contributed by atoms with Gasteiger partial charge < -0.3 is 9.73 Å². The lowest BCUT2D eigenvalue weighted by Crippen LogP contribution is -2.38. The van der Waals surface area contributed by atoms with Crippen LogP contribution in [0, 0.1) is 11.6 Å². The van der Waals surface area contributed by atoms with Gasteiger partial charge in [-0.15, -0.1) is 10.2 Å². The Morgan fingerprint density at radius 3 is 2.52 bits per heavy atom. The van der Waals surface area contributed by atoms with Gasteiger partial charge in [0.2, 0.25) is 11.8 Å². The van der Waals surface area contributed by atoms with E-state index in [1.165, 1.54) is 0 Å². The van der Waals surface area contributed by atoms with Gasteiger partial charge in [0.1, 0.15) is 11.6 Å². The third kappa shape index (κ3) is 4.79. The number of nitrogens with zero attached hydrogens (tertiary/aromatic N) is 3. The first kappa shape index (κ1) is 19.2. The van der Waals surface area contributed by atoms with Crippen molar-refractivity contribution < 1.29 is 31.2 Å². The third-order valence-corrected chi connectivity index (χ3v) is 4.19. The van der Waals surface area contributed by atoms with Gasteiger partial charge in [-0.3, -0.25) is 9.69 Å². The average Bonchev–Trinajstić information content (AvgIpc) is 3.08. The number of rotatable bonds is 4. The second kappa shape index (κ2) is 7.59. The third-order valence-electron chi connectivity index (χ3n) is 4.19. The standard InChI is InChI=1S/C16H15F5N4O2/c17-10-1-2-12(11(18)7-10)22-13(26)8-25-5-3-9(4-6-25)14-23-24-15(27-14)16(19,20)21/h1-2,7,9H,3-6,8H2,(H,22,26). The second-order valence-corrected chi connectivity index (χ2v) is 6.17. The summed E-state index contributed by atoms with van der Waals surface area (Å²) in [4.78, 5) is 13.8. The van der Waals surface area contributed by atoms with Crippen LogP contribution in [-0.4, -0.2) is 40.6 Å². The normalized spacial score (nSPS) is 16.5. The van der Waals surface area contributed by atoms with Crippen molar-refractivity contribution in [1.29, 1.82) is 0 Å². The van der Waals surface area contributed by atoms with Gasteiger partial charge >= 0.3 is 12.1 Å². The first-order valence-corrected chi connectivity index (χ1v) is 8.10. The lowest BCUT2D eigenvalue weighted by molar-refractivity contribution is -0.157. The van der Waals surface area contributed by atoms with E-state index in [1.807, 2.05) is 0 Å². The number of carbonyl (C=O) groups excluding carboxylic acids is 1. The molecular formula is C16H15F5N4O2. The van der Waals surface area contributed by atoms with Gasteiger partial charge in [-0.05, 0) is 38.1 Å². The zero-order valence-corrected chi connectivity index (χ0v) is 13.9. The molecule has 0 aliphatic carbocycles. The number of nitrogens with one attached hydrogen (secondary N) is 1. The number of hydrogen-bond donors (Lipinski definition) is 1. The van der Waals surface area contributed by atoms with Gasteiger partial charge in [-0.25, -0.2) is 8.78 Å². The number of hydrogen-bond acceptors (Lipinski definition) is 5. The fourth-order valence-corrected chi connectivity index (χ4v) is 2.84. The Bertz CT molecular complexity index is 815. The van der Waals surface area contributed by atoms with Crippen LogP contribution < -0.4 is 5.32 Å². The molecule has 0 saturated carbocycles. The molecule has 1 N–H and O–H groups in total. The average molecular weight is 390 g/mol. The summed E-state index contributed by atoms with van der Waals surface area (Å²) in [6.45, 7) is 0.822. The Labute approximate surface area is 150 Å². The van der Waals surface area contributed by atoms with Gasteiger partial charge in [0.05, 0.1) is 12.2 Å². The number of carbonyl (C=O) groups is 1. The van der Waals surface area contributed by atoms with Crippen LogP contribution in [0.5, 0.6) is 0 Å². The van der Waals surface area contributed by atoms with Crippen LogP contribution in [0.3, 0.4) is 0 Å². The lowest BCUT2D eigenvalue weighted by atomic mass is 9.97. The van der Waals surface area contributed by atoms with Gasteiger partial charge in [-0.1, -0.05) is 0 Å². The first-order valence-electron chi connectivity index (χ1n) is 8.10. The highest BCUT2D eigenvalue weighted by Crippen LogP contribution is 2.32. The Kier molecular flexibility index (Phi) is 5.40. The zero-order valence-electron chi connectivity index (χ0n) is 13.9. The maximum atomic E-state index is 13.5. The fraction of sp³-hybridized carbons (Fsp3) is 0.438. The SMILES string of the molecule is O=C(CN1CCC(c2nnc(C(F)(F)F)o2)CC1)Nc1ccc(F)cc1F. The van der Waals surface area contributed by atoms with E-state index in [0.29, 0.717) is 32.0 Å². The summed E-state index contributed by atoms with van der Waals surface area (Å²) in [7, 11) is 0. The van der Waals surface area contributed by atoms with E-state index in [-0.39, 0.29) is 24.0 Å². The van der Waals surface area contributed by atoms with E-state index in [9.17, 15) is 26.7 Å². The molecule has 0 atom stereocenters. The number of aromatic nitrogens is 2. The van der Waals surface area contributed by atoms with Crippen LogP contribution in [-0.2, 0) is 11.0 Å². The molecule has 1 aromatic carbocycles. The van der Waals surface area contributed by atoms with Crippen LogP contribution in [0.25, 0.3) is 0 Å². The molecule has 0 radical (unpaired) electrons. The van der Waals surface area contributed by atoms with Crippen LogP contribution in [0.1, 0.15) is 30.5 Å². The van der Waals surface area contributed by atoms with Crippen molar-refractivity contribution in [3.05, 3.63) is 41.6 Å². The van der Waals surface area contributed by atoms with Crippen molar-refractivity contribution in [3.8, 4) is 0 Å². The molecule has 3 rings (SSSR count). The highest BCUT2D eigenvalue weighted by atomic mass is 19.4. The van der Waals surface area contributed by atoms with Crippen molar-refractivity contribution in [3.63, 3.8) is 0 Å². The zero-order chi connectivity index (χ0) is 19.6. The minimum Gasteiger partial charge on any atom is -0.417 e. The predicted octanol–water partition coefficient (Wildman–Crippen LogP) is 3.18. The van der Waals surface area contributed by atoms with E-state index in [4.69, 9.17) is 0 Å². The molecule has 0 spiro atoms. The number of alkyl halides is 3. The smallest absolute Gasteiger partial charge is 0.417 e. The Hall–Kier alpha value is -2.56. The molecule has 27 heavy (non-hydrogen) atoms. The minimum atomic E-state index is -4.68. The summed E-state index contributed by atoms with van der Waals surface area (Å²) in [5.74, 6) is -3.86. The lowest BCUT2D eigenvalue weighted by Gasteiger charge is -2.29. The number of piperidine rings is 1. The van der Waals surface area contributed by atoms with Crippen LogP contribution in [0.2, 0.25) is 0 Å². The summed E-state index contributed by atoms with van der Waals surface area (Å²) < 4.78 is 68.6. The monoisotopic (exact) mass is 390 g/mol. The van der Waals surface area contributed by atoms with Crippen molar-refractivity contribution in [2.24, 2.45) is 0 Å². The molecule has 146 valence electrons. The van der Waals surface area contributed by atoms with Crippen molar-refractivity contribution >= 4 is 11.6 Å². The van der Waals surface area contributed by atoms with Crippen LogP contribution >= 0.6 is 0 Å². The molecule has 1 saturated heterocycles. The van der Waals surface area contributed by atoms with Gasteiger partial charge in [0, 0.05) is 12.0 Å². The number of anilines is 1.